The molecule has 0 fully saturated rings. The fourth-order valence-electron chi connectivity index (χ4n) is 0.188. The summed E-state index contributed by atoms with van der Waals surface area (Å²) >= 11 is -3.26. The van der Waals surface area contributed by atoms with E-state index in [1.165, 1.54) is 0 Å². The van der Waals surface area contributed by atoms with Crippen LogP contribution in [0.1, 0.15) is 0 Å². The van der Waals surface area contributed by atoms with Gasteiger partial charge in [-0.1, -0.05) is 3.63 Å². The molecule has 0 aliphatic heterocycles. The van der Waals surface area contributed by atoms with Gasteiger partial charge in [0, 0.05) is 0 Å². The third-order valence-corrected chi connectivity index (χ3v) is 2.80. The highest BCUT2D eigenvalue weighted by Gasteiger charge is 2.24. The van der Waals surface area contributed by atoms with E-state index >= 15 is 0 Å². The SMILES string of the molecule is O=S(O)OS(=O)(=O)OS(=O)(=O)O. The molecule has 0 bridgehead atoms. The van der Waals surface area contributed by atoms with Gasteiger partial charge in [0.25, 0.3) is 0 Å². The van der Waals surface area contributed by atoms with Crippen LogP contribution in [-0.2, 0) is 39.4 Å². The normalized spacial score (nSPS) is 15.8. The van der Waals surface area contributed by atoms with Crippen LogP contribution in [0.3, 0.4) is 0 Å². The average molecular weight is 242 g/mol. The minimum absolute atomic E-state index is 2.86. The van der Waals surface area contributed by atoms with Gasteiger partial charge in [-0.15, -0.1) is 3.63 Å². The summed E-state index contributed by atoms with van der Waals surface area (Å²) in [6.45, 7) is 0. The molecule has 0 saturated carbocycles. The molecule has 9 nitrogen and oxygen atoms in total. The zero-order valence-corrected chi connectivity index (χ0v) is 7.43. The molecule has 1 atom stereocenters. The van der Waals surface area contributed by atoms with Crippen molar-refractivity contribution in [2.45, 2.75) is 0 Å². The topological polar surface area (TPSA) is 144 Å². The van der Waals surface area contributed by atoms with Gasteiger partial charge in [0.15, 0.2) is 0 Å². The van der Waals surface area contributed by atoms with Crippen LogP contribution in [0.2, 0.25) is 0 Å². The Labute approximate surface area is 70.1 Å². The second-order valence-corrected chi connectivity index (χ2v) is 4.38. The maximum Gasteiger partial charge on any atom is 0.431 e. The number of hydrogen-bond acceptors (Lipinski definition) is 7. The lowest BCUT2D eigenvalue weighted by Gasteiger charge is -1.96. The Morgan fingerprint density at radius 1 is 1.17 bits per heavy atom. The summed E-state index contributed by atoms with van der Waals surface area (Å²) in [7, 11) is -10.5. The Kier molecular flexibility index (Phi) is 3.70. The molecule has 0 heterocycles. The average Bonchev–Trinajstić information content (AvgIpc) is 1.48. The molecule has 0 saturated heterocycles. The van der Waals surface area contributed by atoms with Gasteiger partial charge in [0.2, 0.25) is 0 Å². The maximum absolute atomic E-state index is 10.1. The molecule has 1 unspecified atom stereocenters. The van der Waals surface area contributed by atoms with Crippen LogP contribution < -0.4 is 0 Å². The first-order valence-electron chi connectivity index (χ1n) is 1.87. The molecule has 0 amide bonds. The third kappa shape index (κ3) is 6.59. The van der Waals surface area contributed by atoms with E-state index in [9.17, 15) is 21.0 Å². The lowest BCUT2D eigenvalue weighted by molar-refractivity contribution is 0.345. The maximum atomic E-state index is 10.1. The van der Waals surface area contributed by atoms with E-state index in [4.69, 9.17) is 9.11 Å². The quantitative estimate of drug-likeness (QED) is 0.430. The molecule has 2 N–H and O–H groups in total. The second-order valence-electron chi connectivity index (χ2n) is 1.19. The fourth-order valence-corrected chi connectivity index (χ4v) is 1.90. The van der Waals surface area contributed by atoms with Crippen molar-refractivity contribution in [3.63, 3.8) is 0 Å². The summed E-state index contributed by atoms with van der Waals surface area (Å²) in [6, 6.07) is 0. The molecule has 0 aromatic heterocycles. The summed E-state index contributed by atoms with van der Waals surface area (Å²) < 4.78 is 70.8. The summed E-state index contributed by atoms with van der Waals surface area (Å²) in [5, 5.41) is 0. The first-order valence-corrected chi connectivity index (χ1v) is 5.60. The van der Waals surface area contributed by atoms with Crippen molar-refractivity contribution in [2.24, 2.45) is 0 Å². The molecule has 0 spiro atoms. The molecule has 0 aliphatic rings. The lowest BCUT2D eigenvalue weighted by Crippen LogP contribution is -2.16. The monoisotopic (exact) mass is 242 g/mol. The van der Waals surface area contributed by atoms with Gasteiger partial charge in [-0.3, -0.25) is 9.11 Å². The van der Waals surface area contributed by atoms with E-state index in [0.29, 0.717) is 0 Å². The van der Waals surface area contributed by atoms with E-state index in [1.807, 2.05) is 0 Å². The van der Waals surface area contributed by atoms with Gasteiger partial charge in [-0.25, -0.2) is 0 Å². The van der Waals surface area contributed by atoms with Crippen molar-refractivity contribution in [1.82, 2.24) is 0 Å². The van der Waals surface area contributed by atoms with Crippen molar-refractivity contribution >= 4 is 32.2 Å². The summed E-state index contributed by atoms with van der Waals surface area (Å²) in [6.07, 6.45) is 0. The first kappa shape index (κ1) is 11.9. The number of hydrogen-bond donors (Lipinski definition) is 2. The predicted molar refractivity (Wildman–Crippen MR) is 33.4 cm³/mol. The Morgan fingerprint density at radius 2 is 1.58 bits per heavy atom. The van der Waals surface area contributed by atoms with Crippen LogP contribution in [0.5, 0.6) is 0 Å². The zero-order chi connectivity index (χ0) is 9.99. The summed E-state index contributed by atoms with van der Waals surface area (Å²) in [4.78, 5) is 0. The standard InChI is InChI=1S/H2O9S3/c1-10(2)8-12(6,7)9-11(3,4)5/h(H,1,2)(H,3,4,5). The van der Waals surface area contributed by atoms with Crippen molar-refractivity contribution < 1.29 is 37.4 Å². The van der Waals surface area contributed by atoms with E-state index in [-0.39, 0.29) is 0 Å². The minimum Gasteiger partial charge on any atom is -0.283 e. The minimum atomic E-state index is -5.29. The van der Waals surface area contributed by atoms with Gasteiger partial charge in [-0.2, -0.15) is 21.0 Å². The Balaban J connectivity index is 4.58. The first-order chi connectivity index (χ1) is 5.12. The highest BCUT2D eigenvalue weighted by atomic mass is 32.3. The molecular weight excluding hydrogens is 240 g/mol. The van der Waals surface area contributed by atoms with Crippen LogP contribution in [0.4, 0.5) is 0 Å². The summed E-state index contributed by atoms with van der Waals surface area (Å²) in [5.74, 6) is 0. The third-order valence-electron chi connectivity index (χ3n) is 0.311. The second kappa shape index (κ2) is 3.73. The van der Waals surface area contributed by atoms with Crippen LogP contribution in [0.25, 0.3) is 0 Å². The molecule has 12 heavy (non-hydrogen) atoms. The van der Waals surface area contributed by atoms with Gasteiger partial charge in [0.1, 0.15) is 0 Å². The van der Waals surface area contributed by atoms with Crippen LogP contribution in [0.15, 0.2) is 0 Å². The van der Waals surface area contributed by atoms with Gasteiger partial charge < -0.3 is 0 Å². The Morgan fingerprint density at radius 3 is 1.83 bits per heavy atom. The predicted octanol–water partition coefficient (Wildman–Crippen LogP) is -1.80. The number of rotatable bonds is 4. The molecule has 74 valence electrons. The molecule has 0 aliphatic carbocycles. The van der Waals surface area contributed by atoms with Crippen molar-refractivity contribution in [3.05, 3.63) is 0 Å². The van der Waals surface area contributed by atoms with Crippen LogP contribution >= 0.6 is 0 Å². The van der Waals surface area contributed by atoms with E-state index in [0.717, 1.165) is 0 Å². The van der Waals surface area contributed by atoms with E-state index in [1.54, 1.807) is 0 Å². The summed E-state index contributed by atoms with van der Waals surface area (Å²) in [5.41, 5.74) is 0. The molecule has 0 rings (SSSR count). The highest BCUT2D eigenvalue weighted by molar-refractivity contribution is 7.99. The Hall–Kier alpha value is -0.110. The van der Waals surface area contributed by atoms with Crippen LogP contribution in [-0.4, -0.2) is 30.1 Å². The van der Waals surface area contributed by atoms with Gasteiger partial charge >= 0.3 is 32.2 Å². The fraction of sp³-hybridized carbons (Fsp3) is 0. The van der Waals surface area contributed by atoms with Crippen molar-refractivity contribution in [3.8, 4) is 0 Å². The zero-order valence-electron chi connectivity index (χ0n) is 4.98. The molecule has 0 aromatic carbocycles. The smallest absolute Gasteiger partial charge is 0.283 e. The van der Waals surface area contributed by atoms with E-state index < -0.39 is 32.2 Å². The largest absolute Gasteiger partial charge is 0.431 e. The molecule has 0 aromatic rings. The highest BCUT2D eigenvalue weighted by Crippen LogP contribution is 2.01. The van der Waals surface area contributed by atoms with E-state index in [2.05, 4.69) is 7.26 Å². The molecule has 12 heteroatoms. The molecular formula is H2O9S3. The Bertz CT molecular complexity index is 353. The van der Waals surface area contributed by atoms with Crippen LogP contribution in [0, 0.1) is 0 Å². The van der Waals surface area contributed by atoms with Crippen molar-refractivity contribution in [2.75, 3.05) is 0 Å². The van der Waals surface area contributed by atoms with Gasteiger partial charge in [-0.05, 0) is 0 Å². The lowest BCUT2D eigenvalue weighted by atomic mass is 15.7. The van der Waals surface area contributed by atoms with Crippen molar-refractivity contribution in [1.29, 1.82) is 0 Å². The van der Waals surface area contributed by atoms with Gasteiger partial charge in [0.05, 0.1) is 0 Å². The molecule has 0 radical (unpaired) electrons.